The lowest BCUT2D eigenvalue weighted by Gasteiger charge is -2.62. The highest BCUT2D eigenvalue weighted by Crippen LogP contribution is 2.66. The van der Waals surface area contributed by atoms with E-state index in [2.05, 4.69) is 10.2 Å². The van der Waals surface area contributed by atoms with Crippen LogP contribution >= 0.6 is 0 Å². The maximum atomic E-state index is 13.1. The third kappa shape index (κ3) is 2.97. The van der Waals surface area contributed by atoms with Crippen molar-refractivity contribution in [3.05, 3.63) is 34.6 Å². The molecule has 9 nitrogen and oxygen atoms in total. The zero-order chi connectivity index (χ0) is 23.7. The third-order valence-corrected chi connectivity index (χ3v) is 8.56. The average Bonchev–Trinajstić information content (AvgIpc) is 3.55. The van der Waals surface area contributed by atoms with Crippen LogP contribution in [0, 0.1) is 5.92 Å². The van der Waals surface area contributed by atoms with Crippen molar-refractivity contribution in [1.82, 2.24) is 10.2 Å². The molecule has 6 rings (SSSR count). The number of phenolic OH excluding ortho intramolecular Hbond substituents is 1. The predicted octanol–water partition coefficient (Wildman–Crippen LogP) is 0.503. The van der Waals surface area contributed by atoms with Crippen LogP contribution in [0.2, 0.25) is 0 Å². The average molecular weight is 473 g/mol. The van der Waals surface area contributed by atoms with E-state index < -0.39 is 23.0 Å². The van der Waals surface area contributed by atoms with Gasteiger partial charge in [-0.25, -0.2) is 0 Å². The second-order valence-corrected chi connectivity index (χ2v) is 10.4. The number of likely N-dealkylation sites (tertiary alicyclic amines) is 1. The minimum Gasteiger partial charge on any atom is -0.508 e. The molecule has 1 spiro atoms. The lowest BCUT2D eigenvalue weighted by atomic mass is 9.49. The van der Waals surface area contributed by atoms with E-state index in [0.717, 1.165) is 24.2 Å². The van der Waals surface area contributed by atoms with Crippen molar-refractivity contribution >= 4 is 5.91 Å². The number of nitrogens with one attached hydrogen (secondary N) is 1. The SMILES string of the molecule is O=C(NCCOCCO)C1=C(O)[C@@H]2Oc3c(O)ccc4c3[C@@]23CCN(CC2CC2)[C@H](C4)[C@]3(O)C1. The Balaban J connectivity index is 1.39. The molecule has 2 bridgehead atoms. The van der Waals surface area contributed by atoms with Crippen molar-refractivity contribution in [2.45, 2.75) is 55.3 Å². The lowest BCUT2D eigenvalue weighted by molar-refractivity contribution is -0.172. The van der Waals surface area contributed by atoms with E-state index in [-0.39, 0.29) is 55.9 Å². The van der Waals surface area contributed by atoms with Gasteiger partial charge in [-0.05, 0) is 49.8 Å². The highest BCUT2D eigenvalue weighted by atomic mass is 16.5. The van der Waals surface area contributed by atoms with Crippen molar-refractivity contribution in [2.24, 2.45) is 5.92 Å². The predicted molar refractivity (Wildman–Crippen MR) is 121 cm³/mol. The van der Waals surface area contributed by atoms with Crippen LogP contribution < -0.4 is 10.1 Å². The fourth-order valence-corrected chi connectivity index (χ4v) is 6.88. The van der Waals surface area contributed by atoms with Gasteiger partial charge in [0.1, 0.15) is 5.76 Å². The summed E-state index contributed by atoms with van der Waals surface area (Å²) in [5, 5.41) is 46.0. The van der Waals surface area contributed by atoms with E-state index in [9.17, 15) is 20.1 Å². The number of carbonyl (C=O) groups excluding carboxylic acids is 1. The Morgan fingerprint density at radius 3 is 2.85 bits per heavy atom. The zero-order valence-electron chi connectivity index (χ0n) is 19.1. The smallest absolute Gasteiger partial charge is 0.250 e. The summed E-state index contributed by atoms with van der Waals surface area (Å²) in [5.41, 5.74) is -0.266. The van der Waals surface area contributed by atoms with Crippen LogP contribution in [-0.4, -0.2) is 88.4 Å². The number of aliphatic hydroxyl groups is 3. The number of ether oxygens (including phenoxy) is 2. The maximum Gasteiger partial charge on any atom is 0.250 e. The molecule has 4 atom stereocenters. The van der Waals surface area contributed by atoms with Gasteiger partial charge in [-0.3, -0.25) is 9.69 Å². The number of carbonyl (C=O) groups is 1. The van der Waals surface area contributed by atoms with Gasteiger partial charge < -0.3 is 35.2 Å². The van der Waals surface area contributed by atoms with Crippen LogP contribution in [0.15, 0.2) is 23.5 Å². The Morgan fingerprint density at radius 2 is 2.09 bits per heavy atom. The standard InChI is InChI=1S/C25H32N2O7/c28-8-10-33-9-6-26-23(31)16-12-25(32)18-11-15-3-4-17(29)21-19(15)24(25,22(34-21)20(16)30)5-7-27(18)13-14-1-2-14/h3-4,14,18,22,28-30,32H,1-2,5-13H2,(H,26,31)/t18-,22+,24+,25-/m1/s1. The van der Waals surface area contributed by atoms with Crippen LogP contribution in [-0.2, 0) is 21.4 Å². The molecule has 1 aromatic carbocycles. The van der Waals surface area contributed by atoms with Crippen molar-refractivity contribution in [3.8, 4) is 11.5 Å². The van der Waals surface area contributed by atoms with Crippen molar-refractivity contribution in [3.63, 3.8) is 0 Å². The molecule has 0 aromatic heterocycles. The number of rotatable bonds is 8. The number of piperidine rings is 1. The molecule has 184 valence electrons. The van der Waals surface area contributed by atoms with E-state index in [4.69, 9.17) is 14.6 Å². The van der Waals surface area contributed by atoms with Gasteiger partial charge in [-0.2, -0.15) is 0 Å². The van der Waals surface area contributed by atoms with E-state index in [0.29, 0.717) is 24.5 Å². The highest BCUT2D eigenvalue weighted by Gasteiger charge is 2.73. The molecule has 2 aliphatic heterocycles. The number of nitrogens with zero attached hydrogens (tertiary/aromatic N) is 1. The van der Waals surface area contributed by atoms with Crippen LogP contribution in [0.25, 0.3) is 0 Å². The van der Waals surface area contributed by atoms with Gasteiger partial charge in [-0.1, -0.05) is 6.07 Å². The second-order valence-electron chi connectivity index (χ2n) is 10.4. The summed E-state index contributed by atoms with van der Waals surface area (Å²) in [7, 11) is 0. The summed E-state index contributed by atoms with van der Waals surface area (Å²) in [6, 6.07) is 3.32. The number of benzene rings is 1. The molecule has 0 radical (unpaired) electrons. The highest BCUT2D eigenvalue weighted by molar-refractivity contribution is 5.95. The normalized spacial score (nSPS) is 33.5. The van der Waals surface area contributed by atoms with Crippen molar-refractivity contribution < 1.29 is 34.7 Å². The molecular formula is C25H32N2O7. The third-order valence-electron chi connectivity index (χ3n) is 8.56. The van der Waals surface area contributed by atoms with E-state index in [1.165, 1.54) is 12.8 Å². The van der Waals surface area contributed by atoms with Crippen LogP contribution in [0.4, 0.5) is 0 Å². The van der Waals surface area contributed by atoms with E-state index in [1.54, 1.807) is 6.07 Å². The summed E-state index contributed by atoms with van der Waals surface area (Å²) < 4.78 is 11.4. The molecule has 5 N–H and O–H groups in total. The van der Waals surface area contributed by atoms with Gasteiger partial charge in [-0.15, -0.1) is 0 Å². The number of amides is 1. The molecule has 5 aliphatic rings. The fraction of sp³-hybridized carbons (Fsp3) is 0.640. The molecule has 3 aliphatic carbocycles. The van der Waals surface area contributed by atoms with E-state index >= 15 is 0 Å². The first-order valence-corrected chi connectivity index (χ1v) is 12.3. The van der Waals surface area contributed by atoms with Gasteiger partial charge >= 0.3 is 0 Å². The molecule has 2 fully saturated rings. The molecular weight excluding hydrogens is 440 g/mol. The minimum atomic E-state index is -1.32. The largest absolute Gasteiger partial charge is 0.508 e. The number of aliphatic hydroxyl groups excluding tert-OH is 2. The first-order chi connectivity index (χ1) is 16.4. The fourth-order valence-electron chi connectivity index (χ4n) is 6.88. The van der Waals surface area contributed by atoms with Crippen molar-refractivity contribution in [1.29, 1.82) is 0 Å². The molecule has 1 saturated heterocycles. The van der Waals surface area contributed by atoms with E-state index in [1.807, 2.05) is 6.07 Å². The Bertz CT molecular complexity index is 1050. The summed E-state index contributed by atoms with van der Waals surface area (Å²) in [4.78, 5) is 15.5. The molecule has 34 heavy (non-hydrogen) atoms. The quantitative estimate of drug-likeness (QED) is 0.346. The van der Waals surface area contributed by atoms with Gasteiger partial charge in [0.15, 0.2) is 17.6 Å². The number of hydrogen-bond acceptors (Lipinski definition) is 8. The zero-order valence-corrected chi connectivity index (χ0v) is 19.1. The number of aromatic hydroxyl groups is 1. The first kappa shape index (κ1) is 22.2. The molecule has 2 heterocycles. The van der Waals surface area contributed by atoms with Crippen molar-refractivity contribution in [2.75, 3.05) is 39.5 Å². The Kier molecular flexibility index (Phi) is 5.11. The monoisotopic (exact) mass is 472 g/mol. The molecule has 0 unspecified atom stereocenters. The van der Waals surface area contributed by atoms with Gasteiger partial charge in [0.2, 0.25) is 0 Å². The molecule has 1 amide bonds. The van der Waals surface area contributed by atoms with Crippen LogP contribution in [0.3, 0.4) is 0 Å². The maximum absolute atomic E-state index is 13.1. The summed E-state index contributed by atoms with van der Waals surface area (Å²) in [6.45, 7) is 2.23. The van der Waals surface area contributed by atoms with Gasteiger partial charge in [0.05, 0.1) is 36.4 Å². The minimum absolute atomic E-state index is 0.0106. The lowest BCUT2D eigenvalue weighted by Crippen LogP contribution is -2.75. The molecule has 1 saturated carbocycles. The Morgan fingerprint density at radius 1 is 1.26 bits per heavy atom. The van der Waals surface area contributed by atoms with Gasteiger partial charge in [0.25, 0.3) is 5.91 Å². The molecule has 9 heteroatoms. The first-order valence-electron chi connectivity index (χ1n) is 12.3. The summed E-state index contributed by atoms with van der Waals surface area (Å²) in [6.07, 6.45) is 2.69. The van der Waals surface area contributed by atoms with Crippen LogP contribution in [0.1, 0.15) is 36.8 Å². The van der Waals surface area contributed by atoms with Gasteiger partial charge in [0, 0.05) is 31.1 Å². The second kappa shape index (κ2) is 7.84. The summed E-state index contributed by atoms with van der Waals surface area (Å²) in [5.74, 6) is 0.328. The number of hydrogen-bond donors (Lipinski definition) is 5. The topological polar surface area (TPSA) is 132 Å². The van der Waals surface area contributed by atoms with Crippen LogP contribution in [0.5, 0.6) is 11.5 Å². The summed E-state index contributed by atoms with van der Waals surface area (Å²) >= 11 is 0. The Labute approximate surface area is 198 Å². The Hall–Kier alpha value is -2.33. The molecule has 1 aromatic rings. The number of phenols is 1.